The van der Waals surface area contributed by atoms with E-state index in [0.717, 1.165) is 23.3 Å². The summed E-state index contributed by atoms with van der Waals surface area (Å²) in [4.78, 5) is 21.6. The molecular formula is C23H21F3N2O3. The van der Waals surface area contributed by atoms with E-state index >= 15 is 0 Å². The second-order valence-corrected chi connectivity index (χ2v) is 7.06. The Morgan fingerprint density at radius 1 is 1.16 bits per heavy atom. The monoisotopic (exact) mass is 430 g/mol. The van der Waals surface area contributed by atoms with Crippen molar-refractivity contribution in [1.82, 2.24) is 5.48 Å². The zero-order valence-corrected chi connectivity index (χ0v) is 17.3. The predicted octanol–water partition coefficient (Wildman–Crippen LogP) is 5.28. The minimum absolute atomic E-state index is 0.107. The summed E-state index contributed by atoms with van der Waals surface area (Å²) in [5, 5.41) is 0. The van der Waals surface area contributed by atoms with Crippen LogP contribution in [0.2, 0.25) is 0 Å². The third-order valence-corrected chi connectivity index (χ3v) is 4.83. The molecule has 1 heterocycles. The van der Waals surface area contributed by atoms with Gasteiger partial charge in [-0.25, -0.2) is 5.48 Å². The maximum absolute atomic E-state index is 12.7. The van der Waals surface area contributed by atoms with Crippen LogP contribution in [0.5, 0.6) is 5.75 Å². The van der Waals surface area contributed by atoms with Gasteiger partial charge in [-0.2, -0.15) is 18.2 Å². The van der Waals surface area contributed by atoms with Gasteiger partial charge in [-0.05, 0) is 61.7 Å². The standard InChI is InChI=1S/C23H21F3N2O3/c1-13(2)21(29)18-9-10-19(15(4)14(18)3)30-12-11-20-27-22(28-31-20)16-5-7-17(8-6-16)23(24,25)26/h5-11H,1,12H2,2-4H3,(H,27,28). The van der Waals surface area contributed by atoms with Crippen LogP contribution in [-0.2, 0) is 11.0 Å². The van der Waals surface area contributed by atoms with Crippen LogP contribution in [0.3, 0.4) is 0 Å². The van der Waals surface area contributed by atoms with Crippen molar-refractivity contribution in [2.45, 2.75) is 26.9 Å². The molecule has 0 saturated carbocycles. The Balaban J connectivity index is 1.67. The van der Waals surface area contributed by atoms with Gasteiger partial charge in [0.15, 0.2) is 11.6 Å². The molecule has 0 fully saturated rings. The average molecular weight is 430 g/mol. The predicted molar refractivity (Wildman–Crippen MR) is 111 cm³/mol. The Bertz CT molecular complexity index is 1080. The van der Waals surface area contributed by atoms with Gasteiger partial charge in [0.2, 0.25) is 5.88 Å². The number of alkyl halides is 3. The highest BCUT2D eigenvalue weighted by atomic mass is 19.4. The van der Waals surface area contributed by atoms with E-state index in [1.807, 2.05) is 13.8 Å². The highest BCUT2D eigenvalue weighted by molar-refractivity contribution is 6.09. The first-order chi connectivity index (χ1) is 14.6. The third-order valence-electron chi connectivity index (χ3n) is 4.83. The van der Waals surface area contributed by atoms with Crippen LogP contribution in [0.1, 0.15) is 39.5 Å². The van der Waals surface area contributed by atoms with Crippen LogP contribution in [0, 0.1) is 13.8 Å². The Morgan fingerprint density at radius 3 is 2.45 bits per heavy atom. The van der Waals surface area contributed by atoms with Crippen LogP contribution < -0.4 is 10.2 Å². The molecule has 0 saturated heterocycles. The summed E-state index contributed by atoms with van der Waals surface area (Å²) < 4.78 is 43.8. The van der Waals surface area contributed by atoms with Gasteiger partial charge >= 0.3 is 6.18 Å². The molecule has 1 aliphatic rings. The van der Waals surface area contributed by atoms with Crippen LogP contribution in [-0.4, -0.2) is 18.2 Å². The summed E-state index contributed by atoms with van der Waals surface area (Å²) in [7, 11) is 0. The fraction of sp³-hybridized carbons (Fsp3) is 0.217. The summed E-state index contributed by atoms with van der Waals surface area (Å²) in [5.41, 5.74) is 5.02. The highest BCUT2D eigenvalue weighted by Gasteiger charge is 2.30. The lowest BCUT2D eigenvalue weighted by atomic mass is 9.96. The largest absolute Gasteiger partial charge is 0.489 e. The summed E-state index contributed by atoms with van der Waals surface area (Å²) >= 11 is 0. The molecular weight excluding hydrogens is 409 g/mol. The van der Waals surface area contributed by atoms with Crippen LogP contribution >= 0.6 is 0 Å². The quantitative estimate of drug-likeness (QED) is 0.500. The molecule has 0 spiro atoms. The fourth-order valence-corrected chi connectivity index (χ4v) is 2.92. The van der Waals surface area contributed by atoms with E-state index in [4.69, 9.17) is 9.57 Å². The van der Waals surface area contributed by atoms with E-state index in [0.29, 0.717) is 28.3 Å². The molecule has 5 nitrogen and oxygen atoms in total. The number of hydrogen-bond donors (Lipinski definition) is 1. The SMILES string of the molecule is C=C(C)C(=O)c1ccc(OCC=C2N=C(c3ccc(C(F)(F)F)cc3)NO2)c(C)c1C. The first-order valence-corrected chi connectivity index (χ1v) is 9.40. The van der Waals surface area contributed by atoms with Gasteiger partial charge in [0.1, 0.15) is 12.4 Å². The molecule has 0 unspecified atom stereocenters. The Kier molecular flexibility index (Phi) is 6.19. The molecule has 2 aromatic rings. The highest BCUT2D eigenvalue weighted by Crippen LogP contribution is 2.29. The van der Waals surface area contributed by atoms with Crippen molar-refractivity contribution in [3.8, 4) is 5.75 Å². The van der Waals surface area contributed by atoms with E-state index in [-0.39, 0.29) is 18.3 Å². The molecule has 31 heavy (non-hydrogen) atoms. The van der Waals surface area contributed by atoms with Crippen LogP contribution in [0.25, 0.3) is 0 Å². The number of amidine groups is 1. The molecule has 1 N–H and O–H groups in total. The smallest absolute Gasteiger partial charge is 0.416 e. The zero-order chi connectivity index (χ0) is 22.8. The molecule has 0 radical (unpaired) electrons. The average Bonchev–Trinajstić information content (AvgIpc) is 3.19. The molecule has 0 amide bonds. The molecule has 2 aromatic carbocycles. The summed E-state index contributed by atoms with van der Waals surface area (Å²) in [6, 6.07) is 8.03. The number of carbonyl (C=O) groups is 1. The molecule has 162 valence electrons. The van der Waals surface area contributed by atoms with Gasteiger partial charge in [-0.15, -0.1) is 0 Å². The van der Waals surface area contributed by atoms with Gasteiger partial charge < -0.3 is 9.57 Å². The number of allylic oxidation sites excluding steroid dienone is 1. The van der Waals surface area contributed by atoms with Gasteiger partial charge in [0.25, 0.3) is 0 Å². The Labute approximate surface area is 177 Å². The first-order valence-electron chi connectivity index (χ1n) is 9.40. The lowest BCUT2D eigenvalue weighted by Crippen LogP contribution is -2.17. The Morgan fingerprint density at radius 2 is 1.84 bits per heavy atom. The van der Waals surface area contributed by atoms with Gasteiger partial charge in [-0.1, -0.05) is 18.7 Å². The lowest BCUT2D eigenvalue weighted by Gasteiger charge is -2.13. The van der Waals surface area contributed by atoms with Crippen molar-refractivity contribution in [2.24, 2.45) is 4.99 Å². The number of benzene rings is 2. The van der Waals surface area contributed by atoms with E-state index in [1.165, 1.54) is 12.1 Å². The number of hydrogen-bond acceptors (Lipinski definition) is 5. The molecule has 3 rings (SSSR count). The van der Waals surface area contributed by atoms with Crippen molar-refractivity contribution < 1.29 is 27.5 Å². The van der Waals surface area contributed by atoms with Gasteiger partial charge in [-0.3, -0.25) is 4.79 Å². The van der Waals surface area contributed by atoms with Crippen LogP contribution in [0.15, 0.2) is 65.5 Å². The molecule has 0 bridgehead atoms. The number of ether oxygens (including phenoxy) is 1. The second kappa shape index (κ2) is 8.67. The first kappa shape index (κ1) is 22.1. The zero-order valence-electron chi connectivity index (χ0n) is 17.3. The topological polar surface area (TPSA) is 59.9 Å². The number of ketones is 1. The number of rotatable bonds is 6. The van der Waals surface area contributed by atoms with E-state index < -0.39 is 11.7 Å². The van der Waals surface area contributed by atoms with Crippen molar-refractivity contribution >= 4 is 11.6 Å². The molecule has 1 aliphatic heterocycles. The molecule has 0 aliphatic carbocycles. The second-order valence-electron chi connectivity index (χ2n) is 7.06. The maximum Gasteiger partial charge on any atom is 0.416 e. The number of Topliss-reactive ketones (excluding diaryl/α,β-unsaturated/α-hetero) is 1. The number of hydroxylamine groups is 1. The van der Waals surface area contributed by atoms with Crippen LogP contribution in [0.4, 0.5) is 13.2 Å². The number of carbonyl (C=O) groups excluding carboxylic acids is 1. The Hall–Kier alpha value is -3.55. The minimum atomic E-state index is -4.39. The van der Waals surface area contributed by atoms with E-state index in [9.17, 15) is 18.0 Å². The third kappa shape index (κ3) is 4.96. The molecule has 0 atom stereocenters. The van der Waals surface area contributed by atoms with E-state index in [1.54, 1.807) is 25.1 Å². The summed E-state index contributed by atoms with van der Waals surface area (Å²) in [6.45, 7) is 9.22. The summed E-state index contributed by atoms with van der Waals surface area (Å²) in [6.07, 6.45) is -2.80. The molecule has 0 aromatic heterocycles. The number of nitrogens with one attached hydrogen (secondary N) is 1. The van der Waals surface area contributed by atoms with E-state index in [2.05, 4.69) is 17.1 Å². The minimum Gasteiger partial charge on any atom is -0.489 e. The fourth-order valence-electron chi connectivity index (χ4n) is 2.92. The maximum atomic E-state index is 12.7. The molecule has 8 heteroatoms. The van der Waals surface area contributed by atoms with Crippen molar-refractivity contribution in [2.75, 3.05) is 6.61 Å². The van der Waals surface area contributed by atoms with Gasteiger partial charge in [0, 0.05) is 17.2 Å². The normalized spacial score (nSPS) is 14.6. The number of nitrogens with zero attached hydrogens (tertiary/aromatic N) is 1. The summed E-state index contributed by atoms with van der Waals surface area (Å²) in [5.74, 6) is 1.04. The lowest BCUT2D eigenvalue weighted by molar-refractivity contribution is -0.137. The van der Waals surface area contributed by atoms with Crippen molar-refractivity contribution in [3.63, 3.8) is 0 Å². The number of aliphatic imine (C=N–C) groups is 1. The van der Waals surface area contributed by atoms with Crippen molar-refractivity contribution in [3.05, 3.63) is 88.3 Å². The van der Waals surface area contributed by atoms with Crippen molar-refractivity contribution in [1.29, 1.82) is 0 Å². The number of halogens is 3. The van der Waals surface area contributed by atoms with Gasteiger partial charge in [0.05, 0.1) is 5.56 Å².